The number of carbonyl (C=O) groups is 3. The van der Waals surface area contributed by atoms with Gasteiger partial charge in [-0.2, -0.15) is 0 Å². The minimum atomic E-state index is -0.729. The molecule has 26 heavy (non-hydrogen) atoms. The van der Waals surface area contributed by atoms with Crippen LogP contribution in [0.25, 0.3) is 0 Å². The van der Waals surface area contributed by atoms with E-state index in [0.29, 0.717) is 17.2 Å². The van der Waals surface area contributed by atoms with Crippen molar-refractivity contribution in [1.29, 1.82) is 0 Å². The van der Waals surface area contributed by atoms with Crippen LogP contribution in [-0.2, 0) is 19.1 Å². The summed E-state index contributed by atoms with van der Waals surface area (Å²) in [6.07, 6.45) is -0.224. The van der Waals surface area contributed by atoms with Gasteiger partial charge in [0.25, 0.3) is 0 Å². The van der Waals surface area contributed by atoms with Crippen LogP contribution < -0.4 is 39.6 Å². The van der Waals surface area contributed by atoms with Gasteiger partial charge in [0, 0.05) is 18.0 Å². The van der Waals surface area contributed by atoms with Crippen molar-refractivity contribution in [2.24, 2.45) is 5.41 Å². The molecule has 9 heteroatoms. The fraction of sp³-hybridized carbons (Fsp3) is 0.471. The van der Waals surface area contributed by atoms with Gasteiger partial charge in [-0.3, -0.25) is 9.59 Å². The second kappa shape index (κ2) is 12.2. The molecule has 1 N–H and O–H groups in total. The molecule has 1 aromatic carbocycles. The van der Waals surface area contributed by atoms with Gasteiger partial charge in [-0.05, 0) is 51.5 Å². The van der Waals surface area contributed by atoms with E-state index >= 15 is 0 Å². The fourth-order valence-electron chi connectivity index (χ4n) is 1.51. The summed E-state index contributed by atoms with van der Waals surface area (Å²) in [5.41, 5.74) is -0.662. The zero-order valence-corrected chi connectivity index (χ0v) is 18.2. The van der Waals surface area contributed by atoms with E-state index in [0.717, 1.165) is 0 Å². The van der Waals surface area contributed by atoms with E-state index in [1.807, 2.05) is 0 Å². The molecule has 0 heterocycles. The Morgan fingerprint density at radius 3 is 2.31 bits per heavy atom. The van der Waals surface area contributed by atoms with Crippen LogP contribution in [0.5, 0.6) is 5.75 Å². The van der Waals surface area contributed by atoms with Crippen LogP contribution in [-0.4, -0.2) is 31.4 Å². The van der Waals surface area contributed by atoms with Crippen molar-refractivity contribution in [2.75, 3.05) is 13.3 Å². The maximum atomic E-state index is 11.6. The molecule has 0 aromatic heterocycles. The van der Waals surface area contributed by atoms with E-state index in [9.17, 15) is 14.4 Å². The van der Waals surface area contributed by atoms with Crippen molar-refractivity contribution in [3.63, 3.8) is 0 Å². The monoisotopic (exact) mass is 395 g/mol. The van der Waals surface area contributed by atoms with Crippen LogP contribution in [0.2, 0.25) is 5.02 Å². The summed E-state index contributed by atoms with van der Waals surface area (Å²) in [5.74, 6) is -0.482. The third-order valence-electron chi connectivity index (χ3n) is 2.86. The molecule has 0 fully saturated rings. The van der Waals surface area contributed by atoms with E-state index < -0.39 is 30.2 Å². The molecule has 0 atom stereocenters. The minimum absolute atomic E-state index is 0. The number of ether oxygens (including phenoxy) is 3. The van der Waals surface area contributed by atoms with Gasteiger partial charge >= 0.3 is 47.6 Å². The van der Waals surface area contributed by atoms with Crippen LogP contribution >= 0.6 is 11.6 Å². The van der Waals surface area contributed by atoms with Gasteiger partial charge in [-0.15, -0.1) is 0 Å². The zero-order valence-electron chi connectivity index (χ0n) is 16.5. The Balaban J connectivity index is 0. The molecule has 0 aliphatic rings. The van der Waals surface area contributed by atoms with E-state index in [-0.39, 0.29) is 43.9 Å². The van der Waals surface area contributed by atoms with E-state index in [2.05, 4.69) is 5.32 Å². The second-order valence-corrected chi connectivity index (χ2v) is 6.63. The zero-order chi connectivity index (χ0) is 18.9. The molecule has 0 radical (unpaired) electrons. The minimum Gasteiger partial charge on any atom is -1.00 e. The number of hydrogen-bond donors (Lipinski definition) is 1. The summed E-state index contributed by atoms with van der Waals surface area (Å²) in [6.45, 7) is 4.85. The molecule has 0 saturated carbocycles. The smallest absolute Gasteiger partial charge is 1.00 e. The van der Waals surface area contributed by atoms with Gasteiger partial charge in [0.1, 0.15) is 5.75 Å². The molecule has 0 aliphatic heterocycles. The summed E-state index contributed by atoms with van der Waals surface area (Å²) in [6, 6.07) is 6.42. The Kier molecular flexibility index (Phi) is 11.6. The summed E-state index contributed by atoms with van der Waals surface area (Å²) >= 11 is 5.74. The number of halogens is 1. The van der Waals surface area contributed by atoms with Crippen molar-refractivity contribution in [1.82, 2.24) is 5.32 Å². The number of alkyl carbamates (subject to hydrolysis) is 1. The van der Waals surface area contributed by atoms with Crippen molar-refractivity contribution >= 4 is 29.6 Å². The van der Waals surface area contributed by atoms with E-state index in [4.69, 9.17) is 25.8 Å². The Morgan fingerprint density at radius 2 is 1.73 bits per heavy atom. The third-order valence-corrected chi connectivity index (χ3v) is 3.12. The molecular weight excluding hydrogens is 373 g/mol. The van der Waals surface area contributed by atoms with Gasteiger partial charge < -0.3 is 21.0 Å². The van der Waals surface area contributed by atoms with Gasteiger partial charge in [0.15, 0.2) is 0 Å². The molecule has 0 spiro atoms. The summed E-state index contributed by atoms with van der Waals surface area (Å²) in [5, 5.41) is 3.00. The molecular formula is C17H23ClNNaO6. The Labute approximate surface area is 181 Å². The van der Waals surface area contributed by atoms with Crippen molar-refractivity contribution in [3.8, 4) is 5.75 Å². The average molecular weight is 396 g/mol. The first-order valence-corrected chi connectivity index (χ1v) is 8.10. The molecule has 0 aliphatic carbocycles. The fourth-order valence-corrected chi connectivity index (χ4v) is 1.64. The SMILES string of the molecule is CC(C)(C)C(=O)OCOC(=O)NCCCC(=O)Oc1ccc(Cl)cc1.[H-].[Na+]. The number of hydrogen-bond acceptors (Lipinski definition) is 6. The maximum absolute atomic E-state index is 11.6. The largest absolute Gasteiger partial charge is 1.00 e. The predicted octanol–water partition coefficient (Wildman–Crippen LogP) is 0.415. The first-order valence-electron chi connectivity index (χ1n) is 7.72. The Hall–Kier alpha value is -1.28. The van der Waals surface area contributed by atoms with Gasteiger partial charge in [0.2, 0.25) is 6.79 Å². The predicted molar refractivity (Wildman–Crippen MR) is 92.3 cm³/mol. The number of amides is 1. The summed E-state index contributed by atoms with van der Waals surface area (Å²) < 4.78 is 14.6. The van der Waals surface area contributed by atoms with Crippen molar-refractivity contribution in [2.45, 2.75) is 33.6 Å². The van der Waals surface area contributed by atoms with Gasteiger partial charge in [-0.25, -0.2) is 4.79 Å². The van der Waals surface area contributed by atoms with Crippen molar-refractivity contribution in [3.05, 3.63) is 29.3 Å². The van der Waals surface area contributed by atoms with Crippen molar-refractivity contribution < 1.29 is 59.6 Å². The molecule has 1 rings (SSSR count). The molecule has 140 valence electrons. The van der Waals surface area contributed by atoms with Crippen LogP contribution in [0.4, 0.5) is 4.79 Å². The molecule has 7 nitrogen and oxygen atoms in total. The standard InChI is InChI=1S/C17H22ClNO6.Na.H/c1-17(2,3)15(21)23-11-24-16(22)19-10-4-5-14(20)25-13-8-6-12(18)7-9-13;;/h6-9H,4-5,10-11H2,1-3H3,(H,19,22);;/q;+1;-1. The van der Waals surface area contributed by atoms with Crippen LogP contribution in [0, 0.1) is 5.41 Å². The number of benzene rings is 1. The molecule has 0 unspecified atom stereocenters. The first kappa shape index (κ1) is 24.7. The van der Waals surface area contributed by atoms with Gasteiger partial charge in [-0.1, -0.05) is 11.6 Å². The number of esters is 2. The second-order valence-electron chi connectivity index (χ2n) is 6.19. The number of nitrogens with one attached hydrogen (secondary N) is 1. The first-order chi connectivity index (χ1) is 11.7. The number of carbonyl (C=O) groups excluding carboxylic acids is 3. The summed E-state index contributed by atoms with van der Waals surface area (Å²) in [7, 11) is 0. The van der Waals surface area contributed by atoms with Crippen LogP contribution in [0.15, 0.2) is 24.3 Å². The molecule has 1 amide bonds. The number of rotatable bonds is 7. The van der Waals surface area contributed by atoms with Crippen LogP contribution in [0.1, 0.15) is 35.0 Å². The molecule has 0 saturated heterocycles. The van der Waals surface area contributed by atoms with Crippen LogP contribution in [0.3, 0.4) is 0 Å². The normalized spacial score (nSPS) is 10.3. The third kappa shape index (κ3) is 10.7. The molecule has 1 aromatic rings. The Bertz CT molecular complexity index is 606. The topological polar surface area (TPSA) is 90.9 Å². The maximum Gasteiger partial charge on any atom is 1.00 e. The van der Waals surface area contributed by atoms with E-state index in [1.54, 1.807) is 45.0 Å². The summed E-state index contributed by atoms with van der Waals surface area (Å²) in [4.78, 5) is 34.5. The quantitative estimate of drug-likeness (QED) is 0.236. The van der Waals surface area contributed by atoms with E-state index in [1.165, 1.54) is 0 Å². The van der Waals surface area contributed by atoms with Gasteiger partial charge in [0.05, 0.1) is 5.41 Å². The Morgan fingerprint density at radius 1 is 1.12 bits per heavy atom. The average Bonchev–Trinajstić information content (AvgIpc) is 2.53. The molecule has 0 bridgehead atoms.